The second-order valence-electron chi connectivity index (χ2n) is 8.06. The Labute approximate surface area is 173 Å². The van der Waals surface area contributed by atoms with Gasteiger partial charge in [-0.05, 0) is 36.8 Å². The van der Waals surface area contributed by atoms with Crippen LogP contribution in [0.4, 0.5) is 11.6 Å². The molecule has 0 spiro atoms. The minimum Gasteiger partial charge on any atom is -0.476 e. The molecule has 4 aromatic heterocycles. The van der Waals surface area contributed by atoms with Gasteiger partial charge in [0.1, 0.15) is 5.52 Å². The Hall–Kier alpha value is -3.49. The Balaban J connectivity index is 1.17. The summed E-state index contributed by atoms with van der Waals surface area (Å²) in [6.07, 6.45) is 9.13. The molecule has 1 aliphatic carbocycles. The maximum Gasteiger partial charge on any atom is 0.236 e. The second kappa shape index (κ2) is 7.74. The van der Waals surface area contributed by atoms with Gasteiger partial charge in [-0.1, -0.05) is 13.8 Å². The molecule has 154 valence electrons. The fraction of sp³-hybridized carbons (Fsp3) is 0.381. The van der Waals surface area contributed by atoms with Gasteiger partial charge < -0.3 is 10.1 Å². The number of H-pyrrole nitrogens is 1. The van der Waals surface area contributed by atoms with E-state index < -0.39 is 0 Å². The molecule has 0 saturated heterocycles. The van der Waals surface area contributed by atoms with Gasteiger partial charge in [-0.25, -0.2) is 9.50 Å². The van der Waals surface area contributed by atoms with Crippen molar-refractivity contribution in [1.29, 1.82) is 0 Å². The fourth-order valence-corrected chi connectivity index (χ4v) is 3.89. The monoisotopic (exact) mass is 404 g/mol. The summed E-state index contributed by atoms with van der Waals surface area (Å²) in [6.45, 7) is 4.94. The number of aromatic nitrogens is 7. The van der Waals surface area contributed by atoms with Crippen molar-refractivity contribution in [3.05, 3.63) is 54.2 Å². The summed E-state index contributed by atoms with van der Waals surface area (Å²) in [5, 5.41) is 23.2. The molecule has 0 aromatic carbocycles. The second-order valence-corrected chi connectivity index (χ2v) is 8.06. The number of anilines is 2. The number of hydrogen-bond donors (Lipinski definition) is 2. The van der Waals surface area contributed by atoms with Gasteiger partial charge in [0.15, 0.2) is 11.6 Å². The molecule has 0 radical (unpaired) electrons. The first-order valence-electron chi connectivity index (χ1n) is 10.2. The largest absolute Gasteiger partial charge is 0.476 e. The lowest BCUT2D eigenvalue weighted by molar-refractivity contribution is 0.150. The van der Waals surface area contributed by atoms with E-state index in [0.717, 1.165) is 41.3 Å². The lowest BCUT2D eigenvalue weighted by Gasteiger charge is -2.34. The quantitative estimate of drug-likeness (QED) is 0.484. The van der Waals surface area contributed by atoms with Gasteiger partial charge in [0, 0.05) is 35.6 Å². The van der Waals surface area contributed by atoms with Crippen molar-refractivity contribution in [2.24, 2.45) is 5.92 Å². The highest BCUT2D eigenvalue weighted by atomic mass is 16.5. The van der Waals surface area contributed by atoms with E-state index in [0.29, 0.717) is 30.2 Å². The Morgan fingerprint density at radius 3 is 3.00 bits per heavy atom. The van der Waals surface area contributed by atoms with Crippen LogP contribution in [0.1, 0.15) is 49.8 Å². The summed E-state index contributed by atoms with van der Waals surface area (Å²) in [5.41, 5.74) is 3.15. The molecule has 0 atom stereocenters. The van der Waals surface area contributed by atoms with Crippen molar-refractivity contribution >= 4 is 17.2 Å². The number of fused-ring (bicyclic) bond motifs is 1. The standard InChI is InChI=1S/C21H24N8O/c1-13(2)16-3-5-23-28-21(16)30-12-14-9-15(10-14)17-11-19(27-26-17)25-20-18-4-6-24-29(18)8-7-22-20/h3-8,11,13-15H,9-10,12H2,1-2H3,(H2,22,25,26,27)/t14-,15+. The van der Waals surface area contributed by atoms with Crippen LogP contribution in [-0.2, 0) is 0 Å². The number of hydrogen-bond acceptors (Lipinski definition) is 7. The first-order valence-corrected chi connectivity index (χ1v) is 10.2. The van der Waals surface area contributed by atoms with Crippen LogP contribution in [0.25, 0.3) is 5.52 Å². The molecule has 0 bridgehead atoms. The number of ether oxygens (including phenoxy) is 1. The van der Waals surface area contributed by atoms with Crippen LogP contribution in [-0.4, -0.2) is 41.6 Å². The van der Waals surface area contributed by atoms with Gasteiger partial charge in [0.25, 0.3) is 0 Å². The number of aromatic amines is 1. The van der Waals surface area contributed by atoms with E-state index in [4.69, 9.17) is 4.74 Å². The first kappa shape index (κ1) is 18.5. The molecule has 0 aliphatic heterocycles. The van der Waals surface area contributed by atoms with Crippen LogP contribution in [0.5, 0.6) is 5.88 Å². The highest BCUT2D eigenvalue weighted by Crippen LogP contribution is 2.41. The predicted octanol–water partition coefficient (Wildman–Crippen LogP) is 3.68. The zero-order valence-corrected chi connectivity index (χ0v) is 17.0. The third-order valence-corrected chi connectivity index (χ3v) is 5.64. The fourth-order valence-electron chi connectivity index (χ4n) is 3.89. The van der Waals surface area contributed by atoms with Crippen LogP contribution in [0.3, 0.4) is 0 Å². The zero-order chi connectivity index (χ0) is 20.5. The van der Waals surface area contributed by atoms with E-state index in [1.165, 1.54) is 0 Å². The van der Waals surface area contributed by atoms with Gasteiger partial charge in [0.05, 0.1) is 19.0 Å². The van der Waals surface area contributed by atoms with E-state index in [1.807, 2.05) is 18.3 Å². The Morgan fingerprint density at radius 1 is 1.23 bits per heavy atom. The molecule has 9 nitrogen and oxygen atoms in total. The number of rotatable bonds is 7. The average molecular weight is 404 g/mol. The molecule has 1 aliphatic rings. The molecular weight excluding hydrogens is 380 g/mol. The normalized spacial score (nSPS) is 18.5. The number of nitrogens with one attached hydrogen (secondary N) is 2. The molecule has 0 unspecified atom stereocenters. The molecule has 2 N–H and O–H groups in total. The molecule has 0 amide bonds. The van der Waals surface area contributed by atoms with Crippen LogP contribution < -0.4 is 10.1 Å². The zero-order valence-electron chi connectivity index (χ0n) is 17.0. The Bertz CT molecular complexity index is 1140. The van der Waals surface area contributed by atoms with Crippen LogP contribution >= 0.6 is 0 Å². The van der Waals surface area contributed by atoms with E-state index in [9.17, 15) is 0 Å². The topological polar surface area (TPSA) is 106 Å². The van der Waals surface area contributed by atoms with Gasteiger partial charge in [-0.15, -0.1) is 5.10 Å². The van der Waals surface area contributed by atoms with E-state index >= 15 is 0 Å². The van der Waals surface area contributed by atoms with Gasteiger partial charge in [0.2, 0.25) is 5.88 Å². The minimum atomic E-state index is 0.364. The molecule has 9 heteroatoms. The van der Waals surface area contributed by atoms with E-state index in [2.05, 4.69) is 55.7 Å². The van der Waals surface area contributed by atoms with Crippen LogP contribution in [0.15, 0.2) is 43.0 Å². The Morgan fingerprint density at radius 2 is 2.13 bits per heavy atom. The maximum absolute atomic E-state index is 5.98. The molecule has 30 heavy (non-hydrogen) atoms. The van der Waals surface area contributed by atoms with Gasteiger partial charge >= 0.3 is 0 Å². The van der Waals surface area contributed by atoms with E-state index in [-0.39, 0.29) is 0 Å². The Kier molecular flexibility index (Phi) is 4.78. The third kappa shape index (κ3) is 3.58. The maximum atomic E-state index is 5.98. The SMILES string of the molecule is CC(C)c1ccnnc1OC[C@H]1C[C@@H](c2cc(Nc3nccn4nccc34)n[nH]2)C1. The average Bonchev–Trinajstić information content (AvgIpc) is 3.37. The highest BCUT2D eigenvalue weighted by molar-refractivity contribution is 5.71. The number of nitrogens with zero attached hydrogens (tertiary/aromatic N) is 6. The lowest BCUT2D eigenvalue weighted by Crippen LogP contribution is -2.27. The van der Waals surface area contributed by atoms with Crippen molar-refractivity contribution < 1.29 is 4.74 Å². The van der Waals surface area contributed by atoms with Crippen molar-refractivity contribution in [2.45, 2.75) is 38.5 Å². The smallest absolute Gasteiger partial charge is 0.236 e. The summed E-state index contributed by atoms with van der Waals surface area (Å²) >= 11 is 0. The molecule has 4 heterocycles. The summed E-state index contributed by atoms with van der Waals surface area (Å²) in [5.74, 6) is 3.49. The molecule has 1 fully saturated rings. The highest BCUT2D eigenvalue weighted by Gasteiger charge is 2.32. The molecule has 5 rings (SSSR count). The summed E-state index contributed by atoms with van der Waals surface area (Å²) in [7, 11) is 0. The minimum absolute atomic E-state index is 0.364. The van der Waals surface area contributed by atoms with Crippen LogP contribution in [0, 0.1) is 5.92 Å². The third-order valence-electron chi connectivity index (χ3n) is 5.64. The van der Waals surface area contributed by atoms with Gasteiger partial charge in [-0.3, -0.25) is 5.10 Å². The molecule has 1 saturated carbocycles. The lowest BCUT2D eigenvalue weighted by atomic mass is 9.74. The van der Waals surface area contributed by atoms with Gasteiger partial charge in [-0.2, -0.15) is 15.3 Å². The van der Waals surface area contributed by atoms with Crippen molar-refractivity contribution in [2.75, 3.05) is 11.9 Å². The first-order chi connectivity index (χ1) is 14.7. The predicted molar refractivity (Wildman–Crippen MR) is 112 cm³/mol. The molecule has 4 aromatic rings. The van der Waals surface area contributed by atoms with Crippen molar-refractivity contribution in [1.82, 2.24) is 35.0 Å². The van der Waals surface area contributed by atoms with E-state index in [1.54, 1.807) is 23.1 Å². The molecular formula is C21H24N8O. The summed E-state index contributed by atoms with van der Waals surface area (Å²) < 4.78 is 7.75. The van der Waals surface area contributed by atoms with Crippen molar-refractivity contribution in [3.8, 4) is 5.88 Å². The van der Waals surface area contributed by atoms with Crippen molar-refractivity contribution in [3.63, 3.8) is 0 Å². The van der Waals surface area contributed by atoms with Crippen LogP contribution in [0.2, 0.25) is 0 Å². The summed E-state index contributed by atoms with van der Waals surface area (Å²) in [4.78, 5) is 4.39. The summed E-state index contributed by atoms with van der Waals surface area (Å²) in [6, 6.07) is 5.96.